The van der Waals surface area contributed by atoms with E-state index in [1.165, 1.54) is 12.8 Å². The van der Waals surface area contributed by atoms with Gasteiger partial charge in [0.15, 0.2) is 0 Å². The van der Waals surface area contributed by atoms with E-state index in [1.54, 1.807) is 6.20 Å². The fourth-order valence-corrected chi connectivity index (χ4v) is 5.42. The highest BCUT2D eigenvalue weighted by molar-refractivity contribution is 5.95. The van der Waals surface area contributed by atoms with Gasteiger partial charge in [-0.25, -0.2) is 4.98 Å². The SMILES string of the molecule is Cc1ccccc1C(=O)N1CCC[C@]2(C(=O)NCC3CC3)CN(c3ccccn3)C[C@@H]2C1. The number of rotatable bonds is 5. The van der Waals surface area contributed by atoms with Crippen LogP contribution in [-0.4, -0.2) is 54.4 Å². The summed E-state index contributed by atoms with van der Waals surface area (Å²) in [7, 11) is 0. The molecule has 1 N–H and O–H groups in total. The molecule has 5 rings (SSSR count). The van der Waals surface area contributed by atoms with Crippen LogP contribution in [0.5, 0.6) is 0 Å². The van der Waals surface area contributed by atoms with E-state index in [9.17, 15) is 9.59 Å². The molecule has 2 saturated heterocycles. The summed E-state index contributed by atoms with van der Waals surface area (Å²) in [5.74, 6) is 1.88. The number of pyridine rings is 1. The van der Waals surface area contributed by atoms with Crippen molar-refractivity contribution in [3.8, 4) is 0 Å². The molecule has 3 heterocycles. The number of hydrogen-bond acceptors (Lipinski definition) is 4. The van der Waals surface area contributed by atoms with Crippen LogP contribution in [0.2, 0.25) is 0 Å². The van der Waals surface area contributed by atoms with Crippen LogP contribution in [0.1, 0.15) is 41.6 Å². The summed E-state index contributed by atoms with van der Waals surface area (Å²) in [6, 6.07) is 13.7. The van der Waals surface area contributed by atoms with Crippen LogP contribution >= 0.6 is 0 Å². The normalized spacial score (nSPS) is 25.2. The molecule has 2 atom stereocenters. The molecule has 2 aliphatic heterocycles. The zero-order valence-electron chi connectivity index (χ0n) is 18.8. The van der Waals surface area contributed by atoms with Gasteiger partial charge >= 0.3 is 0 Å². The number of anilines is 1. The molecule has 3 fully saturated rings. The molecule has 168 valence electrons. The molecule has 6 nitrogen and oxygen atoms in total. The highest BCUT2D eigenvalue weighted by Crippen LogP contribution is 2.44. The van der Waals surface area contributed by atoms with Crippen molar-refractivity contribution in [1.29, 1.82) is 0 Å². The van der Waals surface area contributed by atoms with Gasteiger partial charge in [0.05, 0.1) is 5.41 Å². The monoisotopic (exact) mass is 432 g/mol. The molecule has 0 radical (unpaired) electrons. The van der Waals surface area contributed by atoms with E-state index < -0.39 is 5.41 Å². The van der Waals surface area contributed by atoms with Gasteiger partial charge in [-0.1, -0.05) is 24.3 Å². The second kappa shape index (κ2) is 8.57. The molecule has 1 aliphatic carbocycles. The quantitative estimate of drug-likeness (QED) is 0.788. The van der Waals surface area contributed by atoms with Crippen molar-refractivity contribution in [3.63, 3.8) is 0 Å². The van der Waals surface area contributed by atoms with Crippen LogP contribution in [0.4, 0.5) is 5.82 Å². The lowest BCUT2D eigenvalue weighted by atomic mass is 9.74. The minimum Gasteiger partial charge on any atom is -0.355 e. The summed E-state index contributed by atoms with van der Waals surface area (Å²) in [5, 5.41) is 3.27. The van der Waals surface area contributed by atoms with Crippen LogP contribution in [0.3, 0.4) is 0 Å². The Labute approximate surface area is 190 Å². The molecular formula is C26H32N4O2. The second-order valence-corrected chi connectivity index (χ2v) is 9.74. The number of likely N-dealkylation sites (tertiary alicyclic amines) is 1. The van der Waals surface area contributed by atoms with Crippen LogP contribution in [0, 0.1) is 24.2 Å². The van der Waals surface area contributed by atoms with Crippen molar-refractivity contribution < 1.29 is 9.59 Å². The fraction of sp³-hybridized carbons (Fsp3) is 0.500. The van der Waals surface area contributed by atoms with Crippen molar-refractivity contribution in [1.82, 2.24) is 15.2 Å². The predicted octanol–water partition coefficient (Wildman–Crippen LogP) is 3.28. The maximum absolute atomic E-state index is 13.6. The highest BCUT2D eigenvalue weighted by Gasteiger charge is 2.53. The first-order chi connectivity index (χ1) is 15.6. The third-order valence-corrected chi connectivity index (χ3v) is 7.52. The largest absolute Gasteiger partial charge is 0.355 e. The molecule has 3 aliphatic rings. The van der Waals surface area contributed by atoms with Crippen LogP contribution < -0.4 is 10.2 Å². The lowest BCUT2D eigenvalue weighted by molar-refractivity contribution is -0.132. The van der Waals surface area contributed by atoms with Crippen molar-refractivity contribution in [2.75, 3.05) is 37.6 Å². The number of carbonyl (C=O) groups excluding carboxylic acids is 2. The third-order valence-electron chi connectivity index (χ3n) is 7.52. The Hall–Kier alpha value is -2.89. The van der Waals surface area contributed by atoms with Gasteiger partial charge in [0, 0.05) is 50.4 Å². The summed E-state index contributed by atoms with van der Waals surface area (Å²) in [6.45, 7) is 5.48. The van der Waals surface area contributed by atoms with Gasteiger partial charge in [0.25, 0.3) is 5.91 Å². The molecule has 1 aromatic carbocycles. The summed E-state index contributed by atoms with van der Waals surface area (Å²) >= 11 is 0. The van der Waals surface area contributed by atoms with Gasteiger partial charge in [0.1, 0.15) is 5.82 Å². The Balaban J connectivity index is 1.41. The summed E-state index contributed by atoms with van der Waals surface area (Å²) in [5.41, 5.74) is 1.28. The average molecular weight is 433 g/mol. The van der Waals surface area contributed by atoms with E-state index >= 15 is 0 Å². The van der Waals surface area contributed by atoms with E-state index in [0.29, 0.717) is 25.6 Å². The maximum Gasteiger partial charge on any atom is 0.254 e. The minimum atomic E-state index is -0.479. The number of benzene rings is 1. The lowest BCUT2D eigenvalue weighted by Crippen LogP contribution is -2.48. The van der Waals surface area contributed by atoms with Gasteiger partial charge in [-0.15, -0.1) is 0 Å². The first-order valence-corrected chi connectivity index (χ1v) is 11.9. The van der Waals surface area contributed by atoms with Crippen molar-refractivity contribution in [2.45, 2.75) is 32.6 Å². The smallest absolute Gasteiger partial charge is 0.254 e. The Kier molecular flexibility index (Phi) is 5.62. The molecule has 6 heteroatoms. The number of aromatic nitrogens is 1. The Morgan fingerprint density at radius 2 is 1.94 bits per heavy atom. The third kappa shape index (κ3) is 3.98. The zero-order chi connectivity index (χ0) is 22.1. The van der Waals surface area contributed by atoms with Crippen molar-refractivity contribution in [2.24, 2.45) is 17.3 Å². The second-order valence-electron chi connectivity index (χ2n) is 9.74. The van der Waals surface area contributed by atoms with Crippen LogP contribution in [0.15, 0.2) is 48.7 Å². The van der Waals surface area contributed by atoms with E-state index in [0.717, 1.165) is 42.9 Å². The summed E-state index contributed by atoms with van der Waals surface area (Å²) < 4.78 is 0. The number of carbonyl (C=O) groups is 2. The van der Waals surface area contributed by atoms with Gasteiger partial charge in [0.2, 0.25) is 5.91 Å². The van der Waals surface area contributed by atoms with Crippen LogP contribution in [0.25, 0.3) is 0 Å². The molecule has 2 aromatic rings. The van der Waals surface area contributed by atoms with Crippen LogP contribution in [-0.2, 0) is 4.79 Å². The number of amides is 2. The zero-order valence-corrected chi connectivity index (χ0v) is 18.8. The summed E-state index contributed by atoms with van der Waals surface area (Å²) in [6.07, 6.45) is 5.87. The number of fused-ring (bicyclic) bond motifs is 1. The van der Waals surface area contributed by atoms with E-state index in [1.807, 2.05) is 54.3 Å². The molecule has 32 heavy (non-hydrogen) atoms. The maximum atomic E-state index is 13.6. The Morgan fingerprint density at radius 1 is 1.12 bits per heavy atom. The first-order valence-electron chi connectivity index (χ1n) is 11.9. The van der Waals surface area contributed by atoms with Gasteiger partial charge in [-0.3, -0.25) is 9.59 Å². The van der Waals surface area contributed by atoms with E-state index in [-0.39, 0.29) is 17.7 Å². The molecule has 1 saturated carbocycles. The topological polar surface area (TPSA) is 65.5 Å². The number of hydrogen-bond donors (Lipinski definition) is 1. The molecular weight excluding hydrogens is 400 g/mol. The fourth-order valence-electron chi connectivity index (χ4n) is 5.42. The van der Waals surface area contributed by atoms with Gasteiger partial charge < -0.3 is 15.1 Å². The predicted molar refractivity (Wildman–Crippen MR) is 124 cm³/mol. The van der Waals surface area contributed by atoms with Crippen molar-refractivity contribution in [3.05, 3.63) is 59.8 Å². The number of nitrogens with one attached hydrogen (secondary N) is 1. The molecule has 0 unspecified atom stereocenters. The average Bonchev–Trinajstić information content (AvgIpc) is 3.60. The van der Waals surface area contributed by atoms with Gasteiger partial charge in [-0.05, 0) is 62.3 Å². The minimum absolute atomic E-state index is 0.0774. The molecule has 2 amide bonds. The first kappa shape index (κ1) is 21.0. The standard InChI is InChI=1S/C26H32N4O2/c1-19-7-2-3-8-22(19)24(31)29-14-6-12-26(25(32)28-15-20-10-11-20)18-30(17-21(26)16-29)23-9-4-5-13-27-23/h2-5,7-9,13,20-21H,6,10-12,14-18H2,1H3,(H,28,32)/t21-,26-/m0/s1. The van der Waals surface area contributed by atoms with E-state index in [2.05, 4.69) is 15.2 Å². The Morgan fingerprint density at radius 3 is 2.69 bits per heavy atom. The lowest BCUT2D eigenvalue weighted by Gasteiger charge is -2.32. The highest BCUT2D eigenvalue weighted by atomic mass is 16.2. The number of nitrogens with zero attached hydrogens (tertiary/aromatic N) is 3. The number of aryl methyl sites for hydroxylation is 1. The van der Waals surface area contributed by atoms with Crippen molar-refractivity contribution >= 4 is 17.6 Å². The molecule has 0 spiro atoms. The Bertz CT molecular complexity index is 990. The summed E-state index contributed by atoms with van der Waals surface area (Å²) in [4.78, 5) is 35.8. The molecule has 0 bridgehead atoms. The van der Waals surface area contributed by atoms with Gasteiger partial charge in [-0.2, -0.15) is 0 Å². The molecule has 1 aromatic heterocycles. The van der Waals surface area contributed by atoms with E-state index in [4.69, 9.17) is 0 Å².